The number of hydrogen-bond acceptors (Lipinski definition) is 4. The van der Waals surface area contributed by atoms with Crippen LogP contribution >= 0.6 is 0 Å². The first kappa shape index (κ1) is 15.9. The second-order valence-corrected chi connectivity index (χ2v) is 5.21. The fourth-order valence-corrected chi connectivity index (χ4v) is 2.26. The van der Waals surface area contributed by atoms with Gasteiger partial charge in [0.25, 0.3) is 0 Å². The Labute approximate surface area is 135 Å². The van der Waals surface area contributed by atoms with E-state index in [0.29, 0.717) is 16.7 Å². The van der Waals surface area contributed by atoms with Crippen molar-refractivity contribution in [3.05, 3.63) is 76.1 Å². The second-order valence-electron chi connectivity index (χ2n) is 5.21. The van der Waals surface area contributed by atoms with Crippen molar-refractivity contribution >= 4 is 16.8 Å². The number of halogens is 2. The van der Waals surface area contributed by atoms with Gasteiger partial charge in [-0.1, -0.05) is 0 Å². The van der Waals surface area contributed by atoms with Gasteiger partial charge in [-0.05, 0) is 43.3 Å². The lowest BCUT2D eigenvalue weighted by atomic mass is 10.1. The van der Waals surface area contributed by atoms with Gasteiger partial charge in [0.15, 0.2) is 17.7 Å². The quantitative estimate of drug-likeness (QED) is 0.540. The van der Waals surface area contributed by atoms with Gasteiger partial charge in [0.05, 0.1) is 0 Å². The molecule has 0 unspecified atom stereocenters. The Bertz CT molecular complexity index is 978. The van der Waals surface area contributed by atoms with Crippen molar-refractivity contribution in [2.75, 3.05) is 0 Å². The first-order valence-electron chi connectivity index (χ1n) is 7.14. The maximum atomic E-state index is 13.2. The van der Waals surface area contributed by atoms with Gasteiger partial charge in [0, 0.05) is 23.1 Å². The first-order valence-corrected chi connectivity index (χ1v) is 7.14. The van der Waals surface area contributed by atoms with Crippen LogP contribution < -0.4 is 10.4 Å². The maximum absolute atomic E-state index is 13.2. The molecule has 0 saturated heterocycles. The number of carbonyl (C=O) groups is 1. The van der Waals surface area contributed by atoms with E-state index in [2.05, 4.69) is 0 Å². The van der Waals surface area contributed by atoms with E-state index in [4.69, 9.17) is 9.15 Å². The molecule has 6 heteroatoms. The highest BCUT2D eigenvalue weighted by Crippen LogP contribution is 2.21. The summed E-state index contributed by atoms with van der Waals surface area (Å²) in [5, 5.41) is 0.710. The van der Waals surface area contributed by atoms with E-state index in [-0.39, 0.29) is 5.56 Å². The normalized spacial score (nSPS) is 12.1. The molecule has 0 bridgehead atoms. The van der Waals surface area contributed by atoms with Gasteiger partial charge >= 0.3 is 5.63 Å². The topological polar surface area (TPSA) is 56.5 Å². The summed E-state index contributed by atoms with van der Waals surface area (Å²) in [7, 11) is 0. The van der Waals surface area contributed by atoms with E-state index >= 15 is 0 Å². The van der Waals surface area contributed by atoms with Crippen LogP contribution in [0.1, 0.15) is 17.3 Å². The molecule has 1 heterocycles. The van der Waals surface area contributed by atoms with Gasteiger partial charge < -0.3 is 9.15 Å². The van der Waals surface area contributed by atoms with Crippen molar-refractivity contribution in [2.24, 2.45) is 0 Å². The van der Waals surface area contributed by atoms with E-state index in [1.165, 1.54) is 25.1 Å². The molecule has 1 atom stereocenters. The molecule has 0 aliphatic carbocycles. The molecule has 0 saturated carbocycles. The second kappa shape index (κ2) is 6.23. The van der Waals surface area contributed by atoms with Crippen molar-refractivity contribution in [2.45, 2.75) is 13.0 Å². The number of rotatable bonds is 4. The average Bonchev–Trinajstić information content (AvgIpc) is 2.56. The van der Waals surface area contributed by atoms with E-state index in [0.717, 1.165) is 12.1 Å². The predicted molar refractivity (Wildman–Crippen MR) is 83.3 cm³/mol. The summed E-state index contributed by atoms with van der Waals surface area (Å²) in [4.78, 5) is 23.5. The van der Waals surface area contributed by atoms with Crippen LogP contribution in [0.2, 0.25) is 0 Å². The highest BCUT2D eigenvalue weighted by Gasteiger charge is 2.19. The third-order valence-corrected chi connectivity index (χ3v) is 3.48. The molecular formula is C18H12F2O4. The van der Waals surface area contributed by atoms with Gasteiger partial charge in [-0.25, -0.2) is 13.6 Å². The van der Waals surface area contributed by atoms with Crippen molar-refractivity contribution < 1.29 is 22.7 Å². The summed E-state index contributed by atoms with van der Waals surface area (Å²) in [6.07, 6.45) is -0.928. The lowest BCUT2D eigenvalue weighted by molar-refractivity contribution is 0.0817. The molecule has 0 N–H and O–H groups in total. The van der Waals surface area contributed by atoms with Crippen molar-refractivity contribution in [1.29, 1.82) is 0 Å². The fraction of sp³-hybridized carbons (Fsp3) is 0.111. The molecule has 3 aromatic rings. The molecule has 2 aromatic carbocycles. The van der Waals surface area contributed by atoms with Crippen LogP contribution in [0, 0.1) is 11.6 Å². The van der Waals surface area contributed by atoms with Gasteiger partial charge in [-0.15, -0.1) is 0 Å². The van der Waals surface area contributed by atoms with Crippen LogP contribution in [0.15, 0.2) is 57.7 Å². The SMILES string of the molecule is C[C@H](Oc1ccc2ccc(=O)oc2c1)C(=O)c1ccc(F)c(F)c1. The Morgan fingerprint density at radius 2 is 1.79 bits per heavy atom. The zero-order valence-electron chi connectivity index (χ0n) is 12.6. The molecular weight excluding hydrogens is 318 g/mol. The van der Waals surface area contributed by atoms with E-state index in [1.807, 2.05) is 0 Å². The molecule has 3 rings (SSSR count). The molecule has 0 fully saturated rings. The molecule has 1 aromatic heterocycles. The minimum Gasteiger partial charge on any atom is -0.482 e. The van der Waals surface area contributed by atoms with Gasteiger partial charge in [0.2, 0.25) is 5.78 Å². The molecule has 0 aliphatic heterocycles. The summed E-state index contributed by atoms with van der Waals surface area (Å²) >= 11 is 0. The van der Waals surface area contributed by atoms with Gasteiger partial charge in [-0.2, -0.15) is 0 Å². The number of benzene rings is 2. The number of Topliss-reactive ketones (excluding diaryl/α,β-unsaturated/α-hetero) is 1. The Morgan fingerprint density at radius 3 is 2.54 bits per heavy atom. The van der Waals surface area contributed by atoms with E-state index < -0.39 is 29.1 Å². The van der Waals surface area contributed by atoms with Gasteiger partial charge in [0.1, 0.15) is 11.3 Å². The third kappa shape index (κ3) is 3.17. The van der Waals surface area contributed by atoms with E-state index in [9.17, 15) is 18.4 Å². The Kier molecular flexibility index (Phi) is 4.12. The minimum absolute atomic E-state index is 0.00808. The number of ether oxygens (including phenoxy) is 1. The Hall–Kier alpha value is -3.02. The highest BCUT2D eigenvalue weighted by molar-refractivity contribution is 5.99. The molecule has 0 radical (unpaired) electrons. The molecule has 0 amide bonds. The van der Waals surface area contributed by atoms with Crippen molar-refractivity contribution in [1.82, 2.24) is 0 Å². The zero-order chi connectivity index (χ0) is 17.3. The Balaban J connectivity index is 1.83. The average molecular weight is 330 g/mol. The third-order valence-electron chi connectivity index (χ3n) is 3.48. The summed E-state index contributed by atoms with van der Waals surface area (Å²) < 4.78 is 36.7. The molecule has 24 heavy (non-hydrogen) atoms. The summed E-state index contributed by atoms with van der Waals surface area (Å²) in [5.41, 5.74) is -0.160. The standard InChI is InChI=1S/C18H12F2O4/c1-10(18(22)12-3-6-14(19)15(20)8-12)23-13-5-2-11-4-7-17(21)24-16(11)9-13/h2-10H,1H3/t10-/m0/s1. The maximum Gasteiger partial charge on any atom is 0.336 e. The Morgan fingerprint density at radius 1 is 1.04 bits per heavy atom. The smallest absolute Gasteiger partial charge is 0.336 e. The van der Waals surface area contributed by atoms with Crippen molar-refractivity contribution in [3.8, 4) is 5.75 Å². The monoisotopic (exact) mass is 330 g/mol. The molecule has 0 spiro atoms. The van der Waals surface area contributed by atoms with Crippen molar-refractivity contribution in [3.63, 3.8) is 0 Å². The first-order chi connectivity index (χ1) is 11.4. The van der Waals surface area contributed by atoms with E-state index in [1.54, 1.807) is 18.2 Å². The lowest BCUT2D eigenvalue weighted by Crippen LogP contribution is -2.24. The van der Waals surface area contributed by atoms with Crippen LogP contribution in [-0.4, -0.2) is 11.9 Å². The molecule has 4 nitrogen and oxygen atoms in total. The van der Waals surface area contributed by atoms with Crippen LogP contribution in [-0.2, 0) is 0 Å². The highest BCUT2D eigenvalue weighted by atomic mass is 19.2. The van der Waals surface area contributed by atoms with Crippen LogP contribution in [0.4, 0.5) is 8.78 Å². The zero-order valence-corrected chi connectivity index (χ0v) is 12.6. The van der Waals surface area contributed by atoms with Crippen LogP contribution in [0.25, 0.3) is 11.0 Å². The largest absolute Gasteiger partial charge is 0.482 e. The fourth-order valence-electron chi connectivity index (χ4n) is 2.26. The number of ketones is 1. The minimum atomic E-state index is -1.10. The lowest BCUT2D eigenvalue weighted by Gasteiger charge is -2.14. The summed E-state index contributed by atoms with van der Waals surface area (Å²) in [5.74, 6) is -2.30. The van der Waals surface area contributed by atoms with Crippen LogP contribution in [0.3, 0.4) is 0 Å². The number of fused-ring (bicyclic) bond motifs is 1. The summed E-state index contributed by atoms with van der Waals surface area (Å²) in [6, 6.07) is 10.6. The number of hydrogen-bond donors (Lipinski definition) is 0. The van der Waals surface area contributed by atoms with Gasteiger partial charge in [-0.3, -0.25) is 4.79 Å². The molecule has 0 aliphatic rings. The summed E-state index contributed by atoms with van der Waals surface area (Å²) in [6.45, 7) is 1.49. The molecule has 122 valence electrons. The number of carbonyl (C=O) groups excluding carboxylic acids is 1. The van der Waals surface area contributed by atoms with Crippen LogP contribution in [0.5, 0.6) is 5.75 Å². The predicted octanol–water partition coefficient (Wildman–Crippen LogP) is 3.72.